The van der Waals surface area contributed by atoms with Crippen LogP contribution in [0.1, 0.15) is 10.5 Å². The normalized spacial score (nSPS) is 10.5. The summed E-state index contributed by atoms with van der Waals surface area (Å²) >= 11 is 3.33. The van der Waals surface area contributed by atoms with Crippen molar-refractivity contribution in [3.63, 3.8) is 0 Å². The molecule has 0 fully saturated rings. The highest BCUT2D eigenvalue weighted by molar-refractivity contribution is 9.10. The minimum absolute atomic E-state index is 0.157. The number of ether oxygens (including phenoxy) is 1. The second-order valence-electron chi connectivity index (χ2n) is 4.70. The monoisotopic (exact) mass is 373 g/mol. The van der Waals surface area contributed by atoms with Gasteiger partial charge in [0.25, 0.3) is 5.91 Å². The molecule has 2 heterocycles. The minimum atomic E-state index is -0.643. The zero-order chi connectivity index (χ0) is 16.2. The van der Waals surface area contributed by atoms with Gasteiger partial charge in [0.05, 0.1) is 5.69 Å². The average molecular weight is 374 g/mol. The molecule has 0 bridgehead atoms. The summed E-state index contributed by atoms with van der Waals surface area (Å²) in [6.07, 6.45) is 3.34. The fourth-order valence-corrected chi connectivity index (χ4v) is 2.37. The summed E-state index contributed by atoms with van der Waals surface area (Å²) in [6, 6.07) is 12.6. The number of hydrogen-bond acceptors (Lipinski definition) is 4. The molecule has 0 aliphatic heterocycles. The number of para-hydroxylation sites is 1. The van der Waals surface area contributed by atoms with Crippen LogP contribution in [0.25, 0.3) is 5.65 Å². The fraction of sp³-hybridized carbons (Fsp3) is 0.0625. The van der Waals surface area contributed by atoms with E-state index in [2.05, 4.69) is 26.2 Å². The summed E-state index contributed by atoms with van der Waals surface area (Å²) < 4.78 is 7.45. The maximum Gasteiger partial charge on any atom is 0.359 e. The highest BCUT2D eigenvalue weighted by Crippen LogP contribution is 2.20. The van der Waals surface area contributed by atoms with Crippen LogP contribution in [0, 0.1) is 0 Å². The number of nitrogens with zero attached hydrogens (tertiary/aromatic N) is 2. The number of anilines is 1. The Bertz CT molecular complexity index is 843. The van der Waals surface area contributed by atoms with Crippen molar-refractivity contribution in [3.8, 4) is 0 Å². The summed E-state index contributed by atoms with van der Waals surface area (Å²) in [7, 11) is 0. The predicted octanol–water partition coefficient (Wildman–Crippen LogP) is 2.89. The third-order valence-corrected chi connectivity index (χ3v) is 3.75. The van der Waals surface area contributed by atoms with E-state index in [4.69, 9.17) is 4.74 Å². The summed E-state index contributed by atoms with van der Waals surface area (Å²) in [5.41, 5.74) is 1.41. The number of fused-ring (bicyclic) bond motifs is 1. The van der Waals surface area contributed by atoms with Gasteiger partial charge in [-0.3, -0.25) is 4.79 Å². The van der Waals surface area contributed by atoms with E-state index >= 15 is 0 Å². The van der Waals surface area contributed by atoms with Gasteiger partial charge in [0.1, 0.15) is 5.65 Å². The Morgan fingerprint density at radius 2 is 1.96 bits per heavy atom. The average Bonchev–Trinajstić information content (AvgIpc) is 2.99. The van der Waals surface area contributed by atoms with E-state index in [0.717, 1.165) is 4.47 Å². The van der Waals surface area contributed by atoms with Crippen molar-refractivity contribution in [2.24, 2.45) is 0 Å². The number of halogens is 1. The zero-order valence-electron chi connectivity index (χ0n) is 11.9. The molecule has 6 nitrogen and oxygen atoms in total. The van der Waals surface area contributed by atoms with Crippen LogP contribution in [0.5, 0.6) is 0 Å². The molecule has 1 N–H and O–H groups in total. The van der Waals surface area contributed by atoms with E-state index in [1.165, 1.54) is 0 Å². The smallest absolute Gasteiger partial charge is 0.359 e. The summed E-state index contributed by atoms with van der Waals surface area (Å²) in [5.74, 6) is -1.06. The van der Waals surface area contributed by atoms with E-state index in [0.29, 0.717) is 11.3 Å². The van der Waals surface area contributed by atoms with Gasteiger partial charge in [-0.15, -0.1) is 0 Å². The van der Waals surface area contributed by atoms with Crippen molar-refractivity contribution in [3.05, 3.63) is 65.0 Å². The first-order valence-electron chi connectivity index (χ1n) is 6.79. The van der Waals surface area contributed by atoms with Gasteiger partial charge in [-0.25, -0.2) is 9.78 Å². The number of nitrogens with one attached hydrogen (secondary N) is 1. The molecule has 0 radical (unpaired) electrons. The Labute approximate surface area is 140 Å². The lowest BCUT2D eigenvalue weighted by atomic mass is 10.3. The molecule has 0 atom stereocenters. The van der Waals surface area contributed by atoms with Gasteiger partial charge >= 0.3 is 5.97 Å². The Morgan fingerprint density at radius 1 is 1.17 bits per heavy atom. The number of aromatic nitrogens is 2. The van der Waals surface area contributed by atoms with E-state index in [1.54, 1.807) is 41.1 Å². The zero-order valence-corrected chi connectivity index (χ0v) is 13.5. The molecule has 0 spiro atoms. The van der Waals surface area contributed by atoms with E-state index in [1.807, 2.05) is 18.2 Å². The van der Waals surface area contributed by atoms with Crippen molar-refractivity contribution >= 4 is 39.1 Å². The highest BCUT2D eigenvalue weighted by atomic mass is 79.9. The number of carbonyl (C=O) groups is 2. The molecule has 0 aliphatic rings. The number of benzene rings is 1. The van der Waals surface area contributed by atoms with Crippen LogP contribution < -0.4 is 5.32 Å². The molecule has 0 saturated heterocycles. The first-order valence-corrected chi connectivity index (χ1v) is 7.58. The van der Waals surface area contributed by atoms with Gasteiger partial charge in [-0.2, -0.15) is 0 Å². The highest BCUT2D eigenvalue weighted by Gasteiger charge is 2.14. The lowest BCUT2D eigenvalue weighted by Gasteiger charge is -2.07. The van der Waals surface area contributed by atoms with Crippen LogP contribution in [-0.2, 0) is 9.53 Å². The summed E-state index contributed by atoms with van der Waals surface area (Å²) in [6.45, 7) is -0.381. The quantitative estimate of drug-likeness (QED) is 0.713. The van der Waals surface area contributed by atoms with Gasteiger partial charge in [0.2, 0.25) is 0 Å². The van der Waals surface area contributed by atoms with E-state index in [9.17, 15) is 9.59 Å². The van der Waals surface area contributed by atoms with Crippen molar-refractivity contribution in [2.45, 2.75) is 0 Å². The van der Waals surface area contributed by atoms with Gasteiger partial charge in [-0.1, -0.05) is 18.2 Å². The van der Waals surface area contributed by atoms with E-state index < -0.39 is 11.9 Å². The molecule has 3 aromatic rings. The maximum absolute atomic E-state index is 12.0. The van der Waals surface area contributed by atoms with Gasteiger partial charge in [0.15, 0.2) is 12.3 Å². The molecular weight excluding hydrogens is 362 g/mol. The largest absolute Gasteiger partial charge is 0.451 e. The second-order valence-corrected chi connectivity index (χ2v) is 5.55. The van der Waals surface area contributed by atoms with Crippen LogP contribution in [0.4, 0.5) is 5.69 Å². The predicted molar refractivity (Wildman–Crippen MR) is 88.2 cm³/mol. The molecule has 116 valence electrons. The number of carbonyl (C=O) groups excluding carboxylic acids is 2. The molecule has 7 heteroatoms. The molecule has 0 saturated carbocycles. The van der Waals surface area contributed by atoms with Crippen molar-refractivity contribution < 1.29 is 14.3 Å². The summed E-state index contributed by atoms with van der Waals surface area (Å²) in [4.78, 5) is 27.9. The molecule has 0 unspecified atom stereocenters. The molecule has 1 amide bonds. The first kappa shape index (κ1) is 15.2. The topological polar surface area (TPSA) is 72.7 Å². The van der Waals surface area contributed by atoms with Crippen LogP contribution in [0.3, 0.4) is 0 Å². The van der Waals surface area contributed by atoms with Crippen LogP contribution in [0.15, 0.2) is 59.3 Å². The third kappa shape index (κ3) is 3.57. The van der Waals surface area contributed by atoms with Crippen LogP contribution in [-0.4, -0.2) is 27.9 Å². The lowest BCUT2D eigenvalue weighted by molar-refractivity contribution is -0.119. The molecular formula is C16H12BrN3O3. The standard InChI is InChI=1S/C16H12BrN3O3/c17-11-5-1-2-6-12(11)19-15(21)10-23-16(22)13-9-20-8-4-3-7-14(20)18-13/h1-9H,10H2,(H,19,21). The maximum atomic E-state index is 12.0. The Hall–Kier alpha value is -2.67. The van der Waals surface area contributed by atoms with Crippen LogP contribution >= 0.6 is 15.9 Å². The van der Waals surface area contributed by atoms with E-state index in [-0.39, 0.29) is 12.3 Å². The fourth-order valence-electron chi connectivity index (χ4n) is 1.99. The van der Waals surface area contributed by atoms with Gasteiger partial charge in [0, 0.05) is 16.9 Å². The number of amides is 1. The molecule has 23 heavy (non-hydrogen) atoms. The Morgan fingerprint density at radius 3 is 2.74 bits per heavy atom. The number of esters is 1. The lowest BCUT2D eigenvalue weighted by Crippen LogP contribution is -2.21. The van der Waals surface area contributed by atoms with Crippen molar-refractivity contribution in [2.75, 3.05) is 11.9 Å². The molecule has 2 aromatic heterocycles. The third-order valence-electron chi connectivity index (χ3n) is 3.06. The number of hydrogen-bond donors (Lipinski definition) is 1. The summed E-state index contributed by atoms with van der Waals surface area (Å²) in [5, 5.41) is 2.65. The first-order chi connectivity index (χ1) is 11.1. The molecule has 3 rings (SSSR count). The Balaban J connectivity index is 1.60. The SMILES string of the molecule is O=C(COC(=O)c1cn2ccccc2n1)Nc1ccccc1Br. The van der Waals surface area contributed by atoms with Crippen molar-refractivity contribution in [1.82, 2.24) is 9.38 Å². The van der Waals surface area contributed by atoms with Gasteiger partial charge in [-0.05, 0) is 40.2 Å². The number of imidazole rings is 1. The van der Waals surface area contributed by atoms with Gasteiger partial charge < -0.3 is 14.5 Å². The number of rotatable bonds is 4. The number of pyridine rings is 1. The minimum Gasteiger partial charge on any atom is -0.451 e. The molecule has 1 aromatic carbocycles. The van der Waals surface area contributed by atoms with Crippen LogP contribution in [0.2, 0.25) is 0 Å². The Kier molecular flexibility index (Phi) is 4.38. The second kappa shape index (κ2) is 6.62. The van der Waals surface area contributed by atoms with Crippen molar-refractivity contribution in [1.29, 1.82) is 0 Å². The molecule has 0 aliphatic carbocycles.